The molecule has 23 nitrogen and oxygen atoms in total. The standard InChI is InChI=1S/C55H56N2O21/c1-19-43(60)27(13-33(75-19)77-31-17-54(71,21(3)58)15-25-37(31)51(68)41-39(47(25)64)45(62)23-9-7-11-29(73-5)35(23)49(41)66)56-53(70)57-28-14-34(76-20(2)44(28)61)78-32-18-55(72,22(4)59)16-26-38(32)52(69)42-40(48(26)65)46(63)24-10-8-12-30(74-6)36(24)50(42)67/h7-12,19-20,27-28,31-34,43-44,60-61,64-65,68-69,71-72H,13-18H2,1-6H3,(H2,56,57,70)/t19?,20?,27?,28?,31-,32-,33?,34?,43?,44?,54-,55-/m0/s1. The fourth-order valence-corrected chi connectivity index (χ4v) is 11.9. The number of carbonyl (C=O) groups is 7. The third-order valence-corrected chi connectivity index (χ3v) is 16.1. The van der Waals surface area contributed by atoms with Crippen molar-refractivity contribution < 1.29 is 103 Å². The molecule has 2 saturated heterocycles. The predicted molar refractivity (Wildman–Crippen MR) is 264 cm³/mol. The van der Waals surface area contributed by atoms with Crippen LogP contribution in [0.5, 0.6) is 34.5 Å². The number of amides is 2. The summed E-state index contributed by atoms with van der Waals surface area (Å²) in [5, 5.41) is 98.8. The van der Waals surface area contributed by atoms with Crippen LogP contribution < -0.4 is 20.1 Å². The van der Waals surface area contributed by atoms with Crippen LogP contribution >= 0.6 is 0 Å². The Kier molecular flexibility index (Phi) is 13.5. The second kappa shape index (κ2) is 19.5. The Morgan fingerprint density at radius 1 is 0.564 bits per heavy atom. The number of aliphatic hydroxyl groups excluding tert-OH is 2. The van der Waals surface area contributed by atoms with Gasteiger partial charge in [-0.1, -0.05) is 24.3 Å². The number of phenolic OH excluding ortho intramolecular Hbond substituents is 4. The van der Waals surface area contributed by atoms with Gasteiger partial charge in [-0.2, -0.15) is 0 Å². The first-order valence-electron chi connectivity index (χ1n) is 25.1. The summed E-state index contributed by atoms with van der Waals surface area (Å²) in [5.74, 6) is -7.88. The van der Waals surface area contributed by atoms with Gasteiger partial charge in [0.2, 0.25) is 11.6 Å². The minimum Gasteiger partial charge on any atom is -0.507 e. The van der Waals surface area contributed by atoms with E-state index in [2.05, 4.69) is 10.6 Å². The molecule has 412 valence electrons. The van der Waals surface area contributed by atoms with E-state index in [1.165, 1.54) is 64.5 Å². The molecule has 0 spiro atoms. The van der Waals surface area contributed by atoms with E-state index in [0.29, 0.717) is 0 Å². The number of fused-ring (bicyclic) bond motifs is 6. The molecule has 0 aromatic heterocycles. The lowest BCUT2D eigenvalue weighted by Gasteiger charge is -2.43. The molecular formula is C55H56N2O21. The maximum absolute atomic E-state index is 14.1. The van der Waals surface area contributed by atoms with Gasteiger partial charge in [0.25, 0.3) is 0 Å². The molecule has 2 heterocycles. The topological polar surface area (TPSA) is 361 Å². The van der Waals surface area contributed by atoms with E-state index in [-0.39, 0.29) is 68.8 Å². The van der Waals surface area contributed by atoms with Crippen molar-refractivity contribution in [1.29, 1.82) is 0 Å². The molecule has 23 heteroatoms. The Morgan fingerprint density at radius 2 is 0.923 bits per heavy atom. The molecule has 4 aliphatic carbocycles. The van der Waals surface area contributed by atoms with Crippen molar-refractivity contribution in [3.63, 3.8) is 0 Å². The smallest absolute Gasteiger partial charge is 0.315 e. The van der Waals surface area contributed by atoms with Gasteiger partial charge >= 0.3 is 6.03 Å². The molecular weight excluding hydrogens is 1020 g/mol. The Morgan fingerprint density at radius 3 is 1.27 bits per heavy atom. The van der Waals surface area contributed by atoms with E-state index in [1.807, 2.05) is 0 Å². The molecule has 0 radical (unpaired) electrons. The van der Waals surface area contributed by atoms with Crippen LogP contribution in [0.25, 0.3) is 0 Å². The van der Waals surface area contributed by atoms with Crippen molar-refractivity contribution >= 4 is 40.7 Å². The molecule has 0 saturated carbocycles. The molecule has 8 unspecified atom stereocenters. The number of nitrogens with one attached hydrogen (secondary N) is 2. The molecule has 2 fully saturated rings. The van der Waals surface area contributed by atoms with Crippen molar-refractivity contribution in [2.45, 2.75) is 139 Å². The van der Waals surface area contributed by atoms with E-state index in [9.17, 15) is 74.4 Å². The SMILES string of the molecule is COc1cccc2c1C(=O)c1c(O)c3c(c(O)c1C2=O)C[C@@](O)(C(C)=O)C[C@@H]3OC1CC(NC(=O)NC2CC(O[C@H]3C[C@](O)(C(C)=O)Cc4c(O)c5c(c(O)c43)C(=O)c3c(OC)cccc3C5=O)OC(C)C2O)C(O)C(C)O1. The van der Waals surface area contributed by atoms with Crippen LogP contribution in [0.1, 0.15) is 152 Å². The first kappa shape index (κ1) is 54.0. The predicted octanol–water partition coefficient (Wildman–Crippen LogP) is 2.45. The maximum Gasteiger partial charge on any atom is 0.315 e. The van der Waals surface area contributed by atoms with E-state index in [4.69, 9.17) is 28.4 Å². The number of carbonyl (C=O) groups excluding carboxylic acids is 7. The number of hydrogen-bond donors (Lipinski definition) is 10. The third-order valence-electron chi connectivity index (χ3n) is 16.1. The summed E-state index contributed by atoms with van der Waals surface area (Å²) in [7, 11) is 2.57. The second-order valence-corrected chi connectivity index (χ2v) is 20.8. The Balaban J connectivity index is 0.889. The van der Waals surface area contributed by atoms with Crippen LogP contribution in [0.2, 0.25) is 0 Å². The first-order chi connectivity index (χ1) is 36.8. The highest BCUT2D eigenvalue weighted by atomic mass is 16.7. The zero-order valence-electron chi connectivity index (χ0n) is 42.9. The van der Waals surface area contributed by atoms with Gasteiger partial charge in [-0.3, -0.25) is 28.8 Å². The van der Waals surface area contributed by atoms with Gasteiger partial charge in [0.1, 0.15) is 57.9 Å². The van der Waals surface area contributed by atoms with Crippen LogP contribution in [0.4, 0.5) is 4.79 Å². The van der Waals surface area contributed by atoms with Gasteiger partial charge < -0.3 is 79.9 Å². The number of aromatic hydroxyl groups is 4. The molecule has 0 bridgehead atoms. The summed E-state index contributed by atoms with van der Waals surface area (Å²) in [6.07, 6.45) is -13.7. The number of hydrogen-bond acceptors (Lipinski definition) is 21. The van der Waals surface area contributed by atoms with Gasteiger partial charge in [0.05, 0.1) is 84.1 Å². The number of ether oxygens (including phenoxy) is 6. The van der Waals surface area contributed by atoms with Gasteiger partial charge in [-0.05, 0) is 39.8 Å². The molecule has 4 aromatic rings. The highest BCUT2D eigenvalue weighted by Gasteiger charge is 2.52. The lowest BCUT2D eigenvalue weighted by atomic mass is 9.72. The zero-order valence-corrected chi connectivity index (χ0v) is 42.9. The normalized spacial score (nSPS) is 29.9. The molecule has 2 aliphatic heterocycles. The molecule has 12 atom stereocenters. The summed E-state index contributed by atoms with van der Waals surface area (Å²) < 4.78 is 35.4. The zero-order chi connectivity index (χ0) is 56.3. The number of ketones is 6. The minimum atomic E-state index is -2.23. The first-order valence-corrected chi connectivity index (χ1v) is 25.1. The summed E-state index contributed by atoms with van der Waals surface area (Å²) in [4.78, 5) is 96.1. The number of methoxy groups -OCH3 is 2. The Hall–Kier alpha value is -7.35. The fraction of sp³-hybridized carbons (Fsp3) is 0.436. The summed E-state index contributed by atoms with van der Waals surface area (Å²) in [5.41, 5.74) is -8.15. The van der Waals surface area contributed by atoms with Crippen molar-refractivity contribution in [3.8, 4) is 34.5 Å². The van der Waals surface area contributed by atoms with Gasteiger partial charge in [0, 0.05) is 71.9 Å². The second-order valence-electron chi connectivity index (χ2n) is 20.8. The molecule has 6 aliphatic rings. The Bertz CT molecular complexity index is 3090. The number of benzene rings is 4. The quantitative estimate of drug-likeness (QED) is 0.0881. The largest absolute Gasteiger partial charge is 0.507 e. The number of aliphatic hydroxyl groups is 4. The number of rotatable bonds is 10. The van der Waals surface area contributed by atoms with Crippen LogP contribution in [-0.2, 0) is 41.4 Å². The lowest BCUT2D eigenvalue weighted by Crippen LogP contribution is -2.61. The summed E-state index contributed by atoms with van der Waals surface area (Å²) in [6, 6.07) is 5.22. The summed E-state index contributed by atoms with van der Waals surface area (Å²) >= 11 is 0. The number of urea groups is 1. The average molecular weight is 1080 g/mol. The molecule has 10 N–H and O–H groups in total. The lowest BCUT2D eigenvalue weighted by molar-refractivity contribution is -0.249. The van der Waals surface area contributed by atoms with Crippen molar-refractivity contribution in [1.82, 2.24) is 10.6 Å². The average Bonchev–Trinajstić information content (AvgIpc) is 3.50. The molecule has 2 amide bonds. The fourth-order valence-electron chi connectivity index (χ4n) is 11.9. The third kappa shape index (κ3) is 8.47. The van der Waals surface area contributed by atoms with Gasteiger partial charge in [-0.15, -0.1) is 0 Å². The summed E-state index contributed by atoms with van der Waals surface area (Å²) in [6.45, 7) is 5.12. The maximum atomic E-state index is 14.1. The van der Waals surface area contributed by atoms with Gasteiger partial charge in [-0.25, -0.2) is 4.79 Å². The molecule has 4 aromatic carbocycles. The highest BCUT2D eigenvalue weighted by molar-refractivity contribution is 6.32. The monoisotopic (exact) mass is 1080 g/mol. The van der Waals surface area contributed by atoms with E-state index >= 15 is 0 Å². The van der Waals surface area contributed by atoms with Crippen molar-refractivity contribution in [2.75, 3.05) is 14.2 Å². The Labute approximate surface area is 443 Å². The number of phenols is 4. The van der Waals surface area contributed by atoms with Crippen LogP contribution in [0.3, 0.4) is 0 Å². The van der Waals surface area contributed by atoms with Crippen molar-refractivity contribution in [2.24, 2.45) is 0 Å². The van der Waals surface area contributed by atoms with Gasteiger partial charge in [0.15, 0.2) is 35.7 Å². The molecule has 78 heavy (non-hydrogen) atoms. The minimum absolute atomic E-state index is 0.0248. The van der Waals surface area contributed by atoms with Crippen LogP contribution in [-0.4, -0.2) is 156 Å². The van der Waals surface area contributed by atoms with Crippen molar-refractivity contribution in [3.05, 3.63) is 103 Å². The molecule has 10 rings (SSSR count). The number of Topliss-reactive ketones (excluding diaryl/α,β-unsaturated/α-hetero) is 2. The van der Waals surface area contributed by atoms with Crippen LogP contribution in [0, 0.1) is 0 Å². The van der Waals surface area contributed by atoms with E-state index in [1.54, 1.807) is 0 Å². The van der Waals surface area contributed by atoms with E-state index < -0.39 is 184 Å². The van der Waals surface area contributed by atoms with Crippen LogP contribution in [0.15, 0.2) is 36.4 Å². The highest BCUT2D eigenvalue weighted by Crippen LogP contribution is 2.55. The van der Waals surface area contributed by atoms with E-state index in [0.717, 1.165) is 13.8 Å².